The zero-order valence-electron chi connectivity index (χ0n) is 21.3. The third-order valence-electron chi connectivity index (χ3n) is 6.66. The molecular formula is C29H28FN5O2S. The van der Waals surface area contributed by atoms with Crippen LogP contribution in [0.4, 0.5) is 15.8 Å². The lowest BCUT2D eigenvalue weighted by molar-refractivity contribution is -0.119. The zero-order valence-corrected chi connectivity index (χ0v) is 22.1. The number of aryl methyl sites for hydroxylation is 1. The molecule has 2 aromatic heterocycles. The molecule has 0 unspecified atom stereocenters. The van der Waals surface area contributed by atoms with Crippen molar-refractivity contribution >= 4 is 34.6 Å². The van der Waals surface area contributed by atoms with Gasteiger partial charge >= 0.3 is 0 Å². The number of pyridine rings is 1. The molecule has 194 valence electrons. The summed E-state index contributed by atoms with van der Waals surface area (Å²) in [5.41, 5.74) is 6.17. The highest BCUT2D eigenvalue weighted by atomic mass is 32.1. The van der Waals surface area contributed by atoms with E-state index in [1.54, 1.807) is 12.3 Å². The molecule has 2 N–H and O–H groups in total. The molecule has 1 saturated heterocycles. The quantitative estimate of drug-likeness (QED) is 0.313. The summed E-state index contributed by atoms with van der Waals surface area (Å²) in [6.45, 7) is 4.03. The van der Waals surface area contributed by atoms with E-state index in [-0.39, 0.29) is 30.4 Å². The van der Waals surface area contributed by atoms with E-state index in [0.29, 0.717) is 10.8 Å². The van der Waals surface area contributed by atoms with Crippen molar-refractivity contribution in [3.63, 3.8) is 0 Å². The SMILES string of the molecule is COCC(=O)Nc1ccc(N2C(=S)N[C@@H](c3ccccn3)[C@@H]2c2cc(C)n(-c3cccc(F)c3)c2C)cc1. The molecule has 0 bridgehead atoms. The van der Waals surface area contributed by atoms with Gasteiger partial charge in [0.25, 0.3) is 0 Å². The van der Waals surface area contributed by atoms with Crippen molar-refractivity contribution in [2.24, 2.45) is 0 Å². The van der Waals surface area contributed by atoms with Gasteiger partial charge in [-0.3, -0.25) is 9.78 Å². The first-order chi connectivity index (χ1) is 18.4. The molecule has 2 atom stereocenters. The number of anilines is 2. The number of carbonyl (C=O) groups is 1. The maximum atomic E-state index is 14.1. The van der Waals surface area contributed by atoms with E-state index < -0.39 is 0 Å². The number of ether oxygens (including phenoxy) is 1. The molecule has 1 aliphatic heterocycles. The maximum Gasteiger partial charge on any atom is 0.250 e. The smallest absolute Gasteiger partial charge is 0.250 e. The summed E-state index contributed by atoms with van der Waals surface area (Å²) in [7, 11) is 1.48. The summed E-state index contributed by atoms with van der Waals surface area (Å²) in [5, 5.41) is 6.86. The minimum atomic E-state index is -0.286. The second kappa shape index (κ2) is 10.7. The maximum absolute atomic E-state index is 14.1. The number of nitrogens with one attached hydrogen (secondary N) is 2. The Morgan fingerprint density at radius 2 is 1.87 bits per heavy atom. The Morgan fingerprint density at radius 1 is 1.08 bits per heavy atom. The molecule has 5 rings (SSSR count). The van der Waals surface area contributed by atoms with E-state index in [4.69, 9.17) is 17.0 Å². The summed E-state index contributed by atoms with van der Waals surface area (Å²) in [6, 6.07) is 21.6. The van der Waals surface area contributed by atoms with Crippen LogP contribution in [0.3, 0.4) is 0 Å². The molecule has 38 heavy (non-hydrogen) atoms. The lowest BCUT2D eigenvalue weighted by Gasteiger charge is -2.28. The number of rotatable bonds is 7. The van der Waals surface area contributed by atoms with Gasteiger partial charge in [0, 0.05) is 41.8 Å². The fraction of sp³-hybridized carbons (Fsp3) is 0.207. The molecule has 0 spiro atoms. The summed E-state index contributed by atoms with van der Waals surface area (Å²) >= 11 is 5.85. The third kappa shape index (κ3) is 4.90. The number of thiocarbonyl (C=S) groups is 1. The Kier molecular flexibility index (Phi) is 7.22. The second-order valence-electron chi connectivity index (χ2n) is 9.17. The minimum absolute atomic E-state index is 0.0172. The van der Waals surface area contributed by atoms with Gasteiger partial charge < -0.3 is 24.8 Å². The molecule has 0 aliphatic carbocycles. The van der Waals surface area contributed by atoms with Crippen molar-refractivity contribution in [2.75, 3.05) is 23.9 Å². The molecule has 7 nitrogen and oxygen atoms in total. The Hall–Kier alpha value is -4.08. The monoisotopic (exact) mass is 529 g/mol. The van der Waals surface area contributed by atoms with Crippen LogP contribution in [-0.4, -0.2) is 34.3 Å². The number of halogens is 1. The van der Waals surface area contributed by atoms with E-state index >= 15 is 0 Å². The van der Waals surface area contributed by atoms with Crippen LogP contribution in [0.5, 0.6) is 0 Å². The van der Waals surface area contributed by atoms with E-state index in [1.165, 1.54) is 19.2 Å². The lowest BCUT2D eigenvalue weighted by Crippen LogP contribution is -2.29. The number of methoxy groups -OCH3 is 1. The fourth-order valence-corrected chi connectivity index (χ4v) is 5.43. The van der Waals surface area contributed by atoms with E-state index in [9.17, 15) is 9.18 Å². The highest BCUT2D eigenvalue weighted by Gasteiger charge is 2.42. The number of nitrogens with zero attached hydrogens (tertiary/aromatic N) is 3. The van der Waals surface area contributed by atoms with Crippen molar-refractivity contribution < 1.29 is 13.9 Å². The number of benzene rings is 2. The van der Waals surface area contributed by atoms with Crippen LogP contribution in [0.1, 0.15) is 34.7 Å². The summed E-state index contributed by atoms with van der Waals surface area (Å²) in [4.78, 5) is 18.6. The normalized spacial score (nSPS) is 16.9. The predicted molar refractivity (Wildman–Crippen MR) is 150 cm³/mol. The van der Waals surface area contributed by atoms with Crippen molar-refractivity contribution in [2.45, 2.75) is 25.9 Å². The van der Waals surface area contributed by atoms with Crippen LogP contribution in [0.15, 0.2) is 79.0 Å². The number of hydrogen-bond acceptors (Lipinski definition) is 4. The Labute approximate surface area is 226 Å². The van der Waals surface area contributed by atoms with Crippen molar-refractivity contribution in [3.05, 3.63) is 107 Å². The average molecular weight is 530 g/mol. The van der Waals surface area contributed by atoms with Gasteiger partial charge in [0.1, 0.15) is 12.4 Å². The van der Waals surface area contributed by atoms with Gasteiger partial charge in [-0.25, -0.2) is 4.39 Å². The number of carbonyl (C=O) groups excluding carboxylic acids is 1. The topological polar surface area (TPSA) is 71.4 Å². The van der Waals surface area contributed by atoms with Crippen molar-refractivity contribution in [3.8, 4) is 5.69 Å². The van der Waals surface area contributed by atoms with Gasteiger partial charge in [0.05, 0.1) is 17.8 Å². The van der Waals surface area contributed by atoms with Crippen LogP contribution in [0.25, 0.3) is 5.69 Å². The molecule has 1 amide bonds. The molecule has 3 heterocycles. The van der Waals surface area contributed by atoms with Crippen LogP contribution in [0.2, 0.25) is 0 Å². The third-order valence-corrected chi connectivity index (χ3v) is 6.97. The molecule has 1 fully saturated rings. The van der Waals surface area contributed by atoms with Gasteiger partial charge in [-0.05, 0) is 92.3 Å². The van der Waals surface area contributed by atoms with Crippen LogP contribution >= 0.6 is 12.2 Å². The Balaban J connectivity index is 1.58. The van der Waals surface area contributed by atoms with Crippen molar-refractivity contribution in [1.82, 2.24) is 14.9 Å². The number of aromatic nitrogens is 2. The van der Waals surface area contributed by atoms with Crippen LogP contribution in [0, 0.1) is 19.7 Å². The van der Waals surface area contributed by atoms with Gasteiger partial charge in [-0.2, -0.15) is 0 Å². The summed E-state index contributed by atoms with van der Waals surface area (Å²) in [6.07, 6.45) is 1.77. The van der Waals surface area contributed by atoms with Crippen molar-refractivity contribution in [1.29, 1.82) is 0 Å². The highest BCUT2D eigenvalue weighted by molar-refractivity contribution is 7.80. The van der Waals surface area contributed by atoms with E-state index in [0.717, 1.165) is 34.0 Å². The first kappa shape index (κ1) is 25.6. The molecule has 2 aromatic carbocycles. The largest absolute Gasteiger partial charge is 0.375 e. The molecule has 1 aliphatic rings. The first-order valence-corrected chi connectivity index (χ1v) is 12.6. The zero-order chi connectivity index (χ0) is 26.8. The Morgan fingerprint density at radius 3 is 2.55 bits per heavy atom. The van der Waals surface area contributed by atoms with Gasteiger partial charge in [-0.1, -0.05) is 12.1 Å². The van der Waals surface area contributed by atoms with Crippen LogP contribution in [-0.2, 0) is 9.53 Å². The Bertz CT molecular complexity index is 1470. The lowest BCUT2D eigenvalue weighted by atomic mass is 9.96. The van der Waals surface area contributed by atoms with Gasteiger partial charge in [0.2, 0.25) is 5.91 Å². The molecular weight excluding hydrogens is 501 g/mol. The molecule has 4 aromatic rings. The summed E-state index contributed by atoms with van der Waals surface area (Å²) < 4.78 is 21.1. The van der Waals surface area contributed by atoms with Gasteiger partial charge in [-0.15, -0.1) is 0 Å². The standard InChI is InChI=1S/C29H28FN5O2S/c1-18-15-24(19(2)34(18)23-8-6-7-20(30)16-23)28-27(25-9-4-5-14-31-25)33-29(38)35(28)22-12-10-21(11-13-22)32-26(36)17-37-3/h4-16,27-28H,17H2,1-3H3,(H,32,36)(H,33,38)/t27-,28-/m0/s1. The number of hydrogen-bond donors (Lipinski definition) is 2. The molecule has 9 heteroatoms. The number of amides is 1. The molecule has 0 saturated carbocycles. The highest BCUT2D eigenvalue weighted by Crippen LogP contribution is 2.43. The van der Waals surface area contributed by atoms with Gasteiger partial charge in [0.15, 0.2) is 5.11 Å². The fourth-order valence-electron chi connectivity index (χ4n) is 5.08. The minimum Gasteiger partial charge on any atom is -0.375 e. The molecule has 0 radical (unpaired) electrons. The second-order valence-corrected chi connectivity index (χ2v) is 9.55. The predicted octanol–water partition coefficient (Wildman–Crippen LogP) is 5.39. The van der Waals surface area contributed by atoms with E-state index in [1.807, 2.05) is 62.4 Å². The van der Waals surface area contributed by atoms with E-state index in [2.05, 4.69) is 31.2 Å². The average Bonchev–Trinajstić information content (AvgIpc) is 3.40. The van der Waals surface area contributed by atoms with Crippen LogP contribution < -0.4 is 15.5 Å². The first-order valence-electron chi connectivity index (χ1n) is 12.2. The summed E-state index contributed by atoms with van der Waals surface area (Å²) in [5.74, 6) is -0.512.